The maximum Gasteiger partial charge on any atom is 2.00 e. The predicted molar refractivity (Wildman–Crippen MR) is 89.7 cm³/mol. The molecule has 2 aliphatic carbocycles. The average molecular weight is 435 g/mol. The van der Waals surface area contributed by atoms with Gasteiger partial charge in [0, 0.05) is 5.92 Å². The fraction of sp³-hybridized carbons (Fsp3) is 0.238. The van der Waals surface area contributed by atoms with E-state index in [1.807, 2.05) is 0 Å². The monoisotopic (exact) mass is 432 g/mol. The second kappa shape index (κ2) is 8.66. The number of halogens is 2. The molecule has 2 aromatic rings. The van der Waals surface area contributed by atoms with E-state index in [4.69, 9.17) is 0 Å². The third kappa shape index (κ3) is 3.80. The minimum atomic E-state index is 0. The Hall–Kier alpha value is -0.617. The summed E-state index contributed by atoms with van der Waals surface area (Å²) in [5, 5.41) is 0. The van der Waals surface area contributed by atoms with Gasteiger partial charge in [-0.2, -0.15) is 0 Å². The van der Waals surface area contributed by atoms with Crippen LogP contribution in [-0.2, 0) is 26.2 Å². The Morgan fingerprint density at radius 2 is 1.42 bits per heavy atom. The van der Waals surface area contributed by atoms with Crippen LogP contribution < -0.4 is 24.8 Å². The Morgan fingerprint density at radius 1 is 0.875 bits per heavy atom. The third-order valence-electron chi connectivity index (χ3n) is 4.77. The molecule has 122 valence electrons. The molecule has 0 aliphatic heterocycles. The van der Waals surface area contributed by atoms with Crippen molar-refractivity contribution in [3.8, 4) is 11.1 Å². The predicted octanol–water partition coefficient (Wildman–Crippen LogP) is -0.302. The minimum Gasteiger partial charge on any atom is -1.00 e. The number of allylic oxidation sites excluding steroid dienone is 4. The summed E-state index contributed by atoms with van der Waals surface area (Å²) in [6, 6.07) is 13.9. The fourth-order valence-corrected chi connectivity index (χ4v) is 3.72. The van der Waals surface area contributed by atoms with Crippen molar-refractivity contribution in [2.24, 2.45) is 0 Å². The first kappa shape index (κ1) is 21.4. The smallest absolute Gasteiger partial charge is 1.00 e. The van der Waals surface area contributed by atoms with Crippen molar-refractivity contribution in [1.29, 1.82) is 0 Å². The third-order valence-corrected chi connectivity index (χ3v) is 4.77. The molecular formula is C21H20Cl2Zr. The molecule has 0 bridgehead atoms. The van der Waals surface area contributed by atoms with E-state index in [2.05, 4.69) is 68.5 Å². The fourth-order valence-electron chi connectivity index (χ4n) is 3.72. The summed E-state index contributed by atoms with van der Waals surface area (Å²) in [6.45, 7) is 4.39. The molecule has 0 atom stereocenters. The molecule has 0 heterocycles. The number of hydrogen-bond donors (Lipinski definition) is 0. The van der Waals surface area contributed by atoms with Gasteiger partial charge in [0.2, 0.25) is 0 Å². The number of fused-ring (bicyclic) bond motifs is 3. The molecular weight excluding hydrogens is 414 g/mol. The Labute approximate surface area is 176 Å². The summed E-state index contributed by atoms with van der Waals surface area (Å²) < 4.78 is 0. The van der Waals surface area contributed by atoms with Gasteiger partial charge in [0.05, 0.1) is 0 Å². The van der Waals surface area contributed by atoms with E-state index in [1.54, 1.807) is 5.57 Å². The van der Waals surface area contributed by atoms with Crippen molar-refractivity contribution in [2.45, 2.75) is 32.6 Å². The van der Waals surface area contributed by atoms with Gasteiger partial charge >= 0.3 is 26.2 Å². The second-order valence-corrected chi connectivity index (χ2v) is 6.40. The van der Waals surface area contributed by atoms with Crippen LogP contribution in [0.15, 0.2) is 60.2 Å². The molecule has 0 saturated heterocycles. The zero-order chi connectivity index (χ0) is 14.4. The van der Waals surface area contributed by atoms with Crippen molar-refractivity contribution in [1.82, 2.24) is 0 Å². The van der Waals surface area contributed by atoms with Crippen LogP contribution in [-0.4, -0.2) is 0 Å². The Balaban J connectivity index is 0.000000960. The molecule has 0 N–H and O–H groups in total. The quantitative estimate of drug-likeness (QED) is 0.609. The average Bonchev–Trinajstić information content (AvgIpc) is 3.07. The van der Waals surface area contributed by atoms with Crippen LogP contribution in [0.5, 0.6) is 0 Å². The van der Waals surface area contributed by atoms with Crippen molar-refractivity contribution in [3.63, 3.8) is 0 Å². The Morgan fingerprint density at radius 3 is 1.88 bits per heavy atom. The summed E-state index contributed by atoms with van der Waals surface area (Å²) >= 11 is 0. The summed E-state index contributed by atoms with van der Waals surface area (Å²) in [4.78, 5) is 0. The first-order chi connectivity index (χ1) is 10.2. The molecule has 2 aromatic carbocycles. The van der Waals surface area contributed by atoms with Crippen LogP contribution >= 0.6 is 0 Å². The molecule has 0 unspecified atom stereocenters. The zero-order valence-electron chi connectivity index (χ0n) is 13.9. The molecule has 4 rings (SSSR count). The molecule has 2 aliphatic rings. The van der Waals surface area contributed by atoms with Crippen LogP contribution in [0.2, 0.25) is 0 Å². The van der Waals surface area contributed by atoms with Crippen molar-refractivity contribution in [2.75, 3.05) is 0 Å². The van der Waals surface area contributed by atoms with Crippen LogP contribution in [0.3, 0.4) is 0 Å². The molecule has 0 amide bonds. The van der Waals surface area contributed by atoms with Crippen LogP contribution in [0.1, 0.15) is 41.0 Å². The molecule has 3 heteroatoms. The molecule has 0 fully saturated rings. The number of hydrogen-bond acceptors (Lipinski definition) is 0. The number of aryl methyl sites for hydroxylation is 2. The van der Waals surface area contributed by atoms with Crippen molar-refractivity contribution >= 4 is 0 Å². The van der Waals surface area contributed by atoms with Gasteiger partial charge in [0.15, 0.2) is 0 Å². The van der Waals surface area contributed by atoms with Crippen LogP contribution in [0, 0.1) is 13.8 Å². The molecule has 24 heavy (non-hydrogen) atoms. The van der Waals surface area contributed by atoms with E-state index in [9.17, 15) is 0 Å². The first-order valence-electron chi connectivity index (χ1n) is 7.78. The molecule has 0 nitrogen and oxygen atoms in total. The van der Waals surface area contributed by atoms with Crippen LogP contribution in [0.4, 0.5) is 0 Å². The van der Waals surface area contributed by atoms with Crippen molar-refractivity contribution < 1.29 is 51.0 Å². The summed E-state index contributed by atoms with van der Waals surface area (Å²) in [5.74, 6) is 0.529. The van der Waals surface area contributed by atoms with E-state index >= 15 is 0 Å². The van der Waals surface area contributed by atoms with Gasteiger partial charge in [0.25, 0.3) is 0 Å². The van der Waals surface area contributed by atoms with E-state index in [0.29, 0.717) is 5.92 Å². The largest absolute Gasteiger partial charge is 2.00 e. The molecule has 0 radical (unpaired) electrons. The number of benzene rings is 2. The van der Waals surface area contributed by atoms with Gasteiger partial charge in [-0.25, -0.2) is 0 Å². The van der Waals surface area contributed by atoms with E-state index in [-0.39, 0.29) is 51.0 Å². The normalized spacial score (nSPS) is 14.0. The SMILES string of the molecule is Cc1ccc2c(c1)C(CC1=CC=CC1)c1cc(C)ccc1-2.[Cl-].[Cl-].[Zr+2]. The first-order valence-corrected chi connectivity index (χ1v) is 7.78. The molecule has 0 spiro atoms. The maximum atomic E-state index is 2.39. The maximum absolute atomic E-state index is 2.39. The van der Waals surface area contributed by atoms with Gasteiger partial charge in [-0.3, -0.25) is 0 Å². The van der Waals surface area contributed by atoms with E-state index < -0.39 is 0 Å². The summed E-state index contributed by atoms with van der Waals surface area (Å²) in [7, 11) is 0. The van der Waals surface area contributed by atoms with Gasteiger partial charge in [-0.15, -0.1) is 0 Å². The van der Waals surface area contributed by atoms with E-state index in [1.165, 1.54) is 33.4 Å². The zero-order valence-corrected chi connectivity index (χ0v) is 17.9. The summed E-state index contributed by atoms with van der Waals surface area (Å²) in [6.07, 6.45) is 9.03. The van der Waals surface area contributed by atoms with Crippen LogP contribution in [0.25, 0.3) is 11.1 Å². The van der Waals surface area contributed by atoms with Gasteiger partial charge < -0.3 is 24.8 Å². The second-order valence-electron chi connectivity index (χ2n) is 6.40. The van der Waals surface area contributed by atoms with Gasteiger partial charge in [0.1, 0.15) is 0 Å². The summed E-state index contributed by atoms with van der Waals surface area (Å²) in [5.41, 5.74) is 10.2. The minimum absolute atomic E-state index is 0. The topological polar surface area (TPSA) is 0 Å². The molecule has 0 saturated carbocycles. The number of rotatable bonds is 2. The Kier molecular flexibility index (Phi) is 7.73. The van der Waals surface area contributed by atoms with Crippen molar-refractivity contribution in [3.05, 3.63) is 82.5 Å². The van der Waals surface area contributed by atoms with E-state index in [0.717, 1.165) is 12.8 Å². The van der Waals surface area contributed by atoms with Gasteiger partial charge in [-0.05, 0) is 48.9 Å². The standard InChI is InChI=1S/C21H20.2ClH.Zr/c1-14-7-9-17-18-10-8-15(2)12-20(18)21(19(17)11-14)13-16-5-3-4-6-16;;;/h3-5,7-12,21H,6,13H2,1-2H3;2*1H;/q;;;+2/p-2. The molecule has 0 aromatic heterocycles. The van der Waals surface area contributed by atoms with Gasteiger partial charge in [-0.1, -0.05) is 71.3 Å². The Bertz CT molecular complexity index is 739.